The summed E-state index contributed by atoms with van der Waals surface area (Å²) >= 11 is 0. The Morgan fingerprint density at radius 3 is 1.80 bits per heavy atom. The molecule has 10 heavy (non-hydrogen) atoms. The van der Waals surface area contributed by atoms with Gasteiger partial charge in [0.1, 0.15) is 7.85 Å². The highest BCUT2D eigenvalue weighted by atomic mass is 14.3. The quantitative estimate of drug-likeness (QED) is 0.433. The van der Waals surface area contributed by atoms with Crippen LogP contribution in [0.25, 0.3) is 0 Å². The molecule has 0 radical (unpaired) electrons. The van der Waals surface area contributed by atoms with Crippen molar-refractivity contribution in [2.45, 2.75) is 43.1 Å². The molecule has 0 heterocycles. The summed E-state index contributed by atoms with van der Waals surface area (Å²) in [6.07, 6.45) is 5.79. The van der Waals surface area contributed by atoms with E-state index >= 15 is 0 Å². The van der Waals surface area contributed by atoms with Crippen LogP contribution in [0.5, 0.6) is 0 Å². The summed E-state index contributed by atoms with van der Waals surface area (Å²) in [5.74, 6) is 0. The van der Waals surface area contributed by atoms with Crippen molar-refractivity contribution in [1.29, 1.82) is 0 Å². The Balaban J connectivity index is 2.67. The fraction of sp³-hybridized carbons (Fsp3) is 1.00. The normalized spacial score (nSPS) is 24.9. The highest BCUT2D eigenvalue weighted by Crippen LogP contribution is 2.55. The van der Waals surface area contributed by atoms with Crippen LogP contribution >= 0.6 is 0 Å². The minimum Gasteiger partial charge on any atom is -0.0886 e. The van der Waals surface area contributed by atoms with Crippen LogP contribution in [0.15, 0.2) is 0 Å². The van der Waals surface area contributed by atoms with Gasteiger partial charge in [0.25, 0.3) is 0 Å². The van der Waals surface area contributed by atoms with Gasteiger partial charge in [-0.25, -0.2) is 0 Å². The molecule has 0 atom stereocenters. The minimum absolute atomic E-state index is 0.517. The van der Waals surface area contributed by atoms with E-state index in [1.54, 1.807) is 0 Å². The van der Waals surface area contributed by atoms with Crippen molar-refractivity contribution >= 4 is 23.5 Å². The monoisotopic (exact) mass is 134 g/mol. The molecule has 0 aromatic carbocycles. The number of hydrogen-bond acceptors (Lipinski definition) is 0. The summed E-state index contributed by atoms with van der Waals surface area (Å²) in [5.41, 5.74) is 0. The molecule has 0 aromatic heterocycles. The molecule has 1 aliphatic rings. The highest BCUT2D eigenvalue weighted by molar-refractivity contribution is 6.44. The predicted octanol–water partition coefficient (Wildman–Crippen LogP) is -0.246. The molecule has 54 valence electrons. The van der Waals surface area contributed by atoms with E-state index in [1.165, 1.54) is 25.7 Å². The van der Waals surface area contributed by atoms with E-state index < -0.39 is 0 Å². The van der Waals surface area contributed by atoms with Crippen molar-refractivity contribution in [2.75, 3.05) is 0 Å². The summed E-state index contributed by atoms with van der Waals surface area (Å²) in [6, 6.07) is 0. The Labute approximate surface area is 67.4 Å². The Morgan fingerprint density at radius 1 is 1.20 bits per heavy atom. The maximum absolute atomic E-state index is 2.44. The van der Waals surface area contributed by atoms with Crippen LogP contribution in [0.2, 0.25) is 10.5 Å². The molecule has 0 aliphatic heterocycles. The summed E-state index contributed by atoms with van der Waals surface area (Å²) in [6.45, 7) is 2.37. The maximum Gasteiger partial charge on any atom is 0.108 e. The summed E-state index contributed by atoms with van der Waals surface area (Å²) < 4.78 is 0. The van der Waals surface area contributed by atoms with Crippen LogP contribution in [-0.4, -0.2) is 23.5 Å². The molecular weight excluding hydrogens is 117 g/mol. The molecule has 1 fully saturated rings. The van der Waals surface area contributed by atoms with Gasteiger partial charge in [-0.3, -0.25) is 0 Å². The Hall–Kier alpha value is 0.195. The molecule has 0 amide bonds. The van der Waals surface area contributed by atoms with Gasteiger partial charge in [0.15, 0.2) is 0 Å². The van der Waals surface area contributed by atoms with Gasteiger partial charge in [-0.05, 0) is 0 Å². The van der Waals surface area contributed by atoms with Gasteiger partial charge >= 0.3 is 0 Å². The Morgan fingerprint density at radius 2 is 1.60 bits per heavy atom. The van der Waals surface area contributed by atoms with E-state index in [2.05, 4.69) is 30.5 Å². The first-order chi connectivity index (χ1) is 4.46. The van der Waals surface area contributed by atoms with Crippen molar-refractivity contribution in [3.05, 3.63) is 0 Å². The lowest BCUT2D eigenvalue weighted by Crippen LogP contribution is -2.26. The first-order valence-electron chi connectivity index (χ1n) is 4.46. The van der Waals surface area contributed by atoms with Crippen molar-refractivity contribution in [2.24, 2.45) is 0 Å². The molecule has 0 saturated heterocycles. The molecule has 0 spiro atoms. The van der Waals surface area contributed by atoms with E-state index in [1.807, 2.05) is 0 Å². The second-order valence-electron chi connectivity index (χ2n) is 5.02. The zero-order valence-corrected chi connectivity index (χ0v) is 7.83. The molecular formula is C7H17B3. The largest absolute Gasteiger partial charge is 0.108 e. The highest BCUT2D eigenvalue weighted by Gasteiger charge is 2.38. The summed E-state index contributed by atoms with van der Waals surface area (Å²) in [4.78, 5) is 0. The van der Waals surface area contributed by atoms with Crippen LogP contribution in [0.1, 0.15) is 32.6 Å². The van der Waals surface area contributed by atoms with Crippen molar-refractivity contribution in [3.63, 3.8) is 0 Å². The van der Waals surface area contributed by atoms with Gasteiger partial charge in [0.05, 0.1) is 15.7 Å². The topological polar surface area (TPSA) is 0 Å². The van der Waals surface area contributed by atoms with Crippen LogP contribution in [-0.2, 0) is 0 Å². The number of rotatable bonds is 1. The Kier molecular flexibility index (Phi) is 1.95. The van der Waals surface area contributed by atoms with Crippen LogP contribution < -0.4 is 0 Å². The second kappa shape index (κ2) is 2.35. The fourth-order valence-electron chi connectivity index (χ4n) is 1.91. The second-order valence-corrected chi connectivity index (χ2v) is 5.02. The van der Waals surface area contributed by atoms with Crippen molar-refractivity contribution in [1.82, 2.24) is 0 Å². The van der Waals surface area contributed by atoms with Gasteiger partial charge in [0.2, 0.25) is 0 Å². The van der Waals surface area contributed by atoms with Gasteiger partial charge in [0, 0.05) is 0 Å². The van der Waals surface area contributed by atoms with Gasteiger partial charge in [-0.15, -0.1) is 0 Å². The van der Waals surface area contributed by atoms with Crippen LogP contribution in [0, 0.1) is 0 Å². The molecule has 1 saturated carbocycles. The third-order valence-electron chi connectivity index (χ3n) is 3.52. The van der Waals surface area contributed by atoms with E-state index in [0.29, 0.717) is 10.5 Å². The third kappa shape index (κ3) is 1.28. The average molecular weight is 134 g/mol. The smallest absolute Gasteiger partial charge is 0.0886 e. The van der Waals surface area contributed by atoms with E-state index in [0.717, 1.165) is 0 Å². The lowest BCUT2D eigenvalue weighted by molar-refractivity contribution is 0.518. The zero-order valence-electron chi connectivity index (χ0n) is 7.83. The van der Waals surface area contributed by atoms with Gasteiger partial charge in [-0.2, -0.15) is 0 Å². The number of hydrogen-bond donors (Lipinski definition) is 0. The molecule has 1 rings (SSSR count). The van der Waals surface area contributed by atoms with E-state index in [-0.39, 0.29) is 0 Å². The SMILES string of the molecule is BC(B)(C)C1(B)CCCC1. The Bertz CT molecular complexity index is 119. The summed E-state index contributed by atoms with van der Waals surface area (Å²) in [7, 11) is 7.19. The van der Waals surface area contributed by atoms with Crippen molar-refractivity contribution < 1.29 is 0 Å². The van der Waals surface area contributed by atoms with Gasteiger partial charge < -0.3 is 0 Å². The molecule has 3 heteroatoms. The molecule has 0 bridgehead atoms. The zero-order chi connectivity index (χ0) is 7.83. The minimum atomic E-state index is 0.517. The van der Waals surface area contributed by atoms with E-state index in [9.17, 15) is 0 Å². The predicted molar refractivity (Wildman–Crippen MR) is 55.2 cm³/mol. The molecule has 0 aromatic rings. The molecule has 0 N–H and O–H groups in total. The van der Waals surface area contributed by atoms with E-state index in [4.69, 9.17) is 0 Å². The molecule has 1 aliphatic carbocycles. The van der Waals surface area contributed by atoms with Crippen LogP contribution in [0.4, 0.5) is 0 Å². The standard InChI is InChI=1S/C7H17B3/c1-6(8,9)7(10)4-2-3-5-7/h2-5,8-10H2,1H3. The van der Waals surface area contributed by atoms with Crippen LogP contribution in [0.3, 0.4) is 0 Å². The first kappa shape index (κ1) is 8.29. The lowest BCUT2D eigenvalue weighted by atomic mass is 9.36. The third-order valence-corrected chi connectivity index (χ3v) is 3.52. The van der Waals surface area contributed by atoms with Gasteiger partial charge in [-0.1, -0.05) is 43.1 Å². The lowest BCUT2D eigenvalue weighted by Gasteiger charge is -2.39. The molecule has 0 unspecified atom stereocenters. The maximum atomic E-state index is 2.44. The van der Waals surface area contributed by atoms with Crippen molar-refractivity contribution in [3.8, 4) is 0 Å². The first-order valence-corrected chi connectivity index (χ1v) is 4.46. The fourth-order valence-corrected chi connectivity index (χ4v) is 1.91. The summed E-state index contributed by atoms with van der Waals surface area (Å²) in [5, 5.41) is 1.15. The average Bonchev–Trinajstić information content (AvgIpc) is 2.13. The molecule has 0 nitrogen and oxygen atoms in total.